The van der Waals surface area contributed by atoms with Crippen molar-refractivity contribution >= 4 is 17.9 Å². The zero-order valence-electron chi connectivity index (χ0n) is 53.3. The number of hydrogen-bond donors (Lipinski definition) is 0. The van der Waals surface area contributed by atoms with Crippen molar-refractivity contribution in [1.29, 1.82) is 0 Å². The van der Waals surface area contributed by atoms with Crippen molar-refractivity contribution < 1.29 is 28.6 Å². The molecule has 0 heterocycles. The summed E-state index contributed by atoms with van der Waals surface area (Å²) in [7, 11) is 0. The molecular weight excluding hydrogens is 985 g/mol. The van der Waals surface area contributed by atoms with Gasteiger partial charge in [-0.2, -0.15) is 0 Å². The number of carbonyl (C=O) groups excluding carboxylic acids is 3. The molecule has 0 fully saturated rings. The predicted molar refractivity (Wildman–Crippen MR) is 348 cm³/mol. The minimum Gasteiger partial charge on any atom is -0.462 e. The van der Waals surface area contributed by atoms with E-state index in [2.05, 4.69) is 93.7 Å². The zero-order valence-corrected chi connectivity index (χ0v) is 53.3. The molecule has 464 valence electrons. The van der Waals surface area contributed by atoms with E-state index in [0.29, 0.717) is 19.3 Å². The molecule has 0 amide bonds. The van der Waals surface area contributed by atoms with Crippen molar-refractivity contribution in [3.8, 4) is 0 Å². The molecule has 80 heavy (non-hydrogen) atoms. The lowest BCUT2D eigenvalue weighted by molar-refractivity contribution is -0.167. The first-order valence-electron chi connectivity index (χ1n) is 34.9. The van der Waals surface area contributed by atoms with Crippen molar-refractivity contribution in [3.05, 3.63) is 72.9 Å². The van der Waals surface area contributed by atoms with Crippen molar-refractivity contribution in [3.63, 3.8) is 0 Å². The first kappa shape index (κ1) is 76.9. The monoisotopic (exact) mass is 1120 g/mol. The second-order valence-electron chi connectivity index (χ2n) is 23.4. The molecular formula is C74H132O6. The summed E-state index contributed by atoms with van der Waals surface area (Å²) >= 11 is 0. The summed E-state index contributed by atoms with van der Waals surface area (Å²) in [5.74, 6) is -0.878. The van der Waals surface area contributed by atoms with Gasteiger partial charge in [0.15, 0.2) is 6.10 Å². The van der Waals surface area contributed by atoms with Gasteiger partial charge in [-0.25, -0.2) is 0 Å². The van der Waals surface area contributed by atoms with Crippen molar-refractivity contribution in [2.24, 2.45) is 0 Å². The van der Waals surface area contributed by atoms with Crippen molar-refractivity contribution in [1.82, 2.24) is 0 Å². The summed E-state index contributed by atoms with van der Waals surface area (Å²) in [6, 6.07) is 0. The highest BCUT2D eigenvalue weighted by atomic mass is 16.6. The Morgan fingerprint density at radius 1 is 0.250 bits per heavy atom. The van der Waals surface area contributed by atoms with Crippen LogP contribution in [0.1, 0.15) is 361 Å². The molecule has 0 saturated heterocycles. The number of hydrogen-bond acceptors (Lipinski definition) is 6. The summed E-state index contributed by atoms with van der Waals surface area (Å²) in [5, 5.41) is 0. The third-order valence-corrected chi connectivity index (χ3v) is 15.4. The van der Waals surface area contributed by atoms with Crippen LogP contribution in [0, 0.1) is 0 Å². The van der Waals surface area contributed by atoms with Gasteiger partial charge in [-0.1, -0.05) is 318 Å². The fraction of sp³-hybridized carbons (Fsp3) is 0.797. The van der Waals surface area contributed by atoms with E-state index in [4.69, 9.17) is 14.2 Å². The molecule has 6 heteroatoms. The van der Waals surface area contributed by atoms with Gasteiger partial charge in [0.25, 0.3) is 0 Å². The molecule has 0 spiro atoms. The summed E-state index contributed by atoms with van der Waals surface area (Å²) in [6.45, 7) is 6.64. The Morgan fingerprint density at radius 2 is 0.450 bits per heavy atom. The standard InChI is InChI=1S/C74H132O6/c1-4-7-10-13-16-19-22-25-28-31-34-36-37-38-41-43-46-49-52-55-58-61-64-67-73(76)79-70-71(69-78-72(75)66-63-60-57-54-51-48-45-42-39-33-30-27-24-21-18-15-12-9-6-3)80-74(77)68-65-62-59-56-53-50-47-44-40-35-32-29-26-23-20-17-14-11-8-5-2/h18,21-22,25,27,30-31,34,37-39,42,71H,4-17,19-20,23-24,26,28-29,32-33,35-36,40-41,43-70H2,1-3H3/b21-18-,25-22-,30-27-,34-31-,38-37-,42-39-. The van der Waals surface area contributed by atoms with E-state index >= 15 is 0 Å². The van der Waals surface area contributed by atoms with Gasteiger partial charge in [-0.3, -0.25) is 14.4 Å². The van der Waals surface area contributed by atoms with Gasteiger partial charge in [-0.15, -0.1) is 0 Å². The largest absolute Gasteiger partial charge is 0.462 e. The van der Waals surface area contributed by atoms with Crippen LogP contribution in [0.5, 0.6) is 0 Å². The van der Waals surface area contributed by atoms with Crippen LogP contribution in [0.2, 0.25) is 0 Å². The van der Waals surface area contributed by atoms with Crippen molar-refractivity contribution in [2.45, 2.75) is 367 Å². The van der Waals surface area contributed by atoms with Gasteiger partial charge in [-0.05, 0) is 96.3 Å². The maximum Gasteiger partial charge on any atom is 0.306 e. The van der Waals surface area contributed by atoms with Crippen LogP contribution in [0.25, 0.3) is 0 Å². The average Bonchev–Trinajstić information content (AvgIpc) is 3.46. The summed E-state index contributed by atoms with van der Waals surface area (Å²) in [5.41, 5.74) is 0. The molecule has 0 aliphatic carbocycles. The molecule has 0 rings (SSSR count). The van der Waals surface area contributed by atoms with Gasteiger partial charge in [0.05, 0.1) is 0 Å². The van der Waals surface area contributed by atoms with Crippen LogP contribution in [0.15, 0.2) is 72.9 Å². The van der Waals surface area contributed by atoms with E-state index in [-0.39, 0.29) is 31.1 Å². The maximum atomic E-state index is 13.0. The topological polar surface area (TPSA) is 78.9 Å². The lowest BCUT2D eigenvalue weighted by atomic mass is 10.0. The van der Waals surface area contributed by atoms with Crippen molar-refractivity contribution in [2.75, 3.05) is 13.2 Å². The first-order chi connectivity index (χ1) is 39.5. The average molecular weight is 1120 g/mol. The molecule has 0 aromatic rings. The molecule has 0 saturated carbocycles. The zero-order chi connectivity index (χ0) is 57.8. The minimum absolute atomic E-state index is 0.0807. The van der Waals surface area contributed by atoms with E-state index in [1.165, 1.54) is 225 Å². The van der Waals surface area contributed by atoms with E-state index < -0.39 is 6.10 Å². The van der Waals surface area contributed by atoms with Gasteiger partial charge in [0, 0.05) is 19.3 Å². The Labute approximate surface area is 497 Å². The molecule has 0 N–H and O–H groups in total. The Balaban J connectivity index is 4.38. The van der Waals surface area contributed by atoms with E-state index in [9.17, 15) is 14.4 Å². The second kappa shape index (κ2) is 68.3. The molecule has 6 nitrogen and oxygen atoms in total. The molecule has 0 aromatic carbocycles. The van der Waals surface area contributed by atoms with Gasteiger partial charge < -0.3 is 14.2 Å². The van der Waals surface area contributed by atoms with E-state index in [1.54, 1.807) is 0 Å². The third-order valence-electron chi connectivity index (χ3n) is 15.4. The number of esters is 3. The maximum absolute atomic E-state index is 13.0. The Morgan fingerprint density at radius 3 is 0.725 bits per heavy atom. The highest BCUT2D eigenvalue weighted by Gasteiger charge is 2.19. The van der Waals surface area contributed by atoms with Crippen LogP contribution >= 0.6 is 0 Å². The quantitative estimate of drug-likeness (QED) is 0.0261. The summed E-state index contributed by atoms with van der Waals surface area (Å²) in [6.07, 6.45) is 89.1. The highest BCUT2D eigenvalue weighted by Crippen LogP contribution is 2.17. The van der Waals surface area contributed by atoms with Crippen LogP contribution in [0.3, 0.4) is 0 Å². The van der Waals surface area contributed by atoms with Gasteiger partial charge in [0.1, 0.15) is 13.2 Å². The van der Waals surface area contributed by atoms with Gasteiger partial charge >= 0.3 is 17.9 Å². The minimum atomic E-state index is -0.785. The molecule has 0 bridgehead atoms. The molecule has 1 atom stereocenters. The summed E-state index contributed by atoms with van der Waals surface area (Å²) < 4.78 is 17.0. The SMILES string of the molecule is CCCCC/C=C\C/C=C\C/C=C\CCCCCCCCC(=O)OCC(COC(=O)CCCCCCCCCC/C=C\C/C=C\C/C=C\CCCCCCC)OC(=O)CCCCCCCCCCCCCCCCCCCCCC. The predicted octanol–water partition coefficient (Wildman–Crippen LogP) is 24.1. The number of rotatable bonds is 64. The Kier molecular flexibility index (Phi) is 65.7. The van der Waals surface area contributed by atoms with Crippen LogP contribution in [-0.2, 0) is 28.6 Å². The normalized spacial score (nSPS) is 12.5. The Hall–Kier alpha value is -3.15. The smallest absolute Gasteiger partial charge is 0.306 e. The fourth-order valence-corrected chi connectivity index (χ4v) is 10.2. The lowest BCUT2D eigenvalue weighted by Crippen LogP contribution is -2.30. The second-order valence-corrected chi connectivity index (χ2v) is 23.4. The fourth-order valence-electron chi connectivity index (χ4n) is 10.2. The van der Waals surface area contributed by atoms with Crippen LogP contribution < -0.4 is 0 Å². The Bertz CT molecular complexity index is 1470. The van der Waals surface area contributed by atoms with E-state index in [1.807, 2.05) is 0 Å². The first-order valence-corrected chi connectivity index (χ1v) is 34.9. The molecule has 0 aliphatic heterocycles. The number of unbranched alkanes of at least 4 members (excludes halogenated alkanes) is 41. The molecule has 1 unspecified atom stereocenters. The van der Waals surface area contributed by atoms with Crippen LogP contribution in [0.4, 0.5) is 0 Å². The number of carbonyl (C=O) groups is 3. The van der Waals surface area contributed by atoms with E-state index in [0.717, 1.165) is 96.3 Å². The number of ether oxygens (including phenoxy) is 3. The summed E-state index contributed by atoms with van der Waals surface area (Å²) in [4.78, 5) is 38.5. The molecule has 0 radical (unpaired) electrons. The highest BCUT2D eigenvalue weighted by molar-refractivity contribution is 5.71. The molecule has 0 aliphatic rings. The third kappa shape index (κ3) is 65.7. The van der Waals surface area contributed by atoms with Crippen LogP contribution in [-0.4, -0.2) is 37.2 Å². The lowest BCUT2D eigenvalue weighted by Gasteiger charge is -2.18. The number of allylic oxidation sites excluding steroid dienone is 12. The van der Waals surface area contributed by atoms with Gasteiger partial charge in [0.2, 0.25) is 0 Å². The molecule has 0 aromatic heterocycles.